The minimum Gasteiger partial charge on any atom is -0.386 e. The van der Waals surface area contributed by atoms with Crippen molar-refractivity contribution >= 4 is 11.6 Å². The third-order valence-electron chi connectivity index (χ3n) is 2.81. The molecule has 1 aromatic carbocycles. The van der Waals surface area contributed by atoms with E-state index < -0.39 is 6.10 Å². The average Bonchev–Trinajstić information content (AvgIpc) is 2.17. The number of rotatable bonds is 4. The first kappa shape index (κ1) is 13.5. The Hall–Kier alpha value is -0.570. The van der Waals surface area contributed by atoms with Crippen LogP contribution in [0.25, 0.3) is 0 Å². The van der Waals surface area contributed by atoms with E-state index in [0.717, 1.165) is 11.1 Å². The van der Waals surface area contributed by atoms with Gasteiger partial charge in [-0.1, -0.05) is 37.6 Å². The maximum Gasteiger partial charge on any atom is 0.107 e. The van der Waals surface area contributed by atoms with Crippen LogP contribution in [0.1, 0.15) is 31.1 Å². The molecule has 90 valence electrons. The molecule has 1 aromatic rings. The van der Waals surface area contributed by atoms with Crippen molar-refractivity contribution in [1.82, 2.24) is 0 Å². The van der Waals surface area contributed by atoms with E-state index >= 15 is 0 Å². The number of hydrogen-bond acceptors (Lipinski definition) is 2. The molecule has 0 saturated carbocycles. The zero-order valence-corrected chi connectivity index (χ0v) is 11.0. The van der Waals surface area contributed by atoms with E-state index in [1.165, 1.54) is 0 Å². The molecular formula is C13H19ClO2. The lowest BCUT2D eigenvalue weighted by Crippen LogP contribution is -2.27. The van der Waals surface area contributed by atoms with Gasteiger partial charge >= 0.3 is 0 Å². The first-order chi connectivity index (χ1) is 7.49. The van der Waals surface area contributed by atoms with E-state index in [-0.39, 0.29) is 12.0 Å². The molecule has 0 aromatic heterocycles. The number of aliphatic hydroxyl groups is 1. The maximum absolute atomic E-state index is 10.3. The Balaban J connectivity index is 3.08. The van der Waals surface area contributed by atoms with E-state index in [4.69, 9.17) is 16.3 Å². The zero-order chi connectivity index (χ0) is 12.3. The number of ether oxygens (including phenoxy) is 1. The van der Waals surface area contributed by atoms with E-state index in [1.54, 1.807) is 13.2 Å². The molecule has 0 radical (unpaired) electrons. The van der Waals surface area contributed by atoms with Crippen molar-refractivity contribution < 1.29 is 9.84 Å². The number of aliphatic hydroxyl groups excluding tert-OH is 1. The predicted molar refractivity (Wildman–Crippen MR) is 66.8 cm³/mol. The summed E-state index contributed by atoms with van der Waals surface area (Å²) in [4.78, 5) is 0. The van der Waals surface area contributed by atoms with Crippen molar-refractivity contribution in [2.45, 2.75) is 33.0 Å². The van der Waals surface area contributed by atoms with Gasteiger partial charge in [-0.05, 0) is 24.5 Å². The van der Waals surface area contributed by atoms with Gasteiger partial charge in [0.25, 0.3) is 0 Å². The van der Waals surface area contributed by atoms with Crippen LogP contribution in [0.15, 0.2) is 18.2 Å². The van der Waals surface area contributed by atoms with Gasteiger partial charge in [-0.3, -0.25) is 0 Å². The number of benzene rings is 1. The summed E-state index contributed by atoms with van der Waals surface area (Å²) in [6, 6.07) is 5.61. The fourth-order valence-corrected chi connectivity index (χ4v) is 2.28. The molecular weight excluding hydrogens is 224 g/mol. The number of halogens is 1. The van der Waals surface area contributed by atoms with Crippen LogP contribution in [-0.4, -0.2) is 18.3 Å². The zero-order valence-electron chi connectivity index (χ0n) is 10.2. The van der Waals surface area contributed by atoms with Crippen molar-refractivity contribution in [1.29, 1.82) is 0 Å². The van der Waals surface area contributed by atoms with Gasteiger partial charge in [0, 0.05) is 17.7 Å². The second kappa shape index (κ2) is 5.67. The molecule has 2 atom stereocenters. The number of aryl methyl sites for hydroxylation is 1. The molecule has 0 aliphatic rings. The molecule has 0 amide bonds. The van der Waals surface area contributed by atoms with Gasteiger partial charge < -0.3 is 9.84 Å². The predicted octanol–water partition coefficient (Wildman–Crippen LogP) is 3.35. The number of hydrogen-bond donors (Lipinski definition) is 1. The van der Waals surface area contributed by atoms with Crippen molar-refractivity contribution in [3.63, 3.8) is 0 Å². The maximum atomic E-state index is 10.3. The Morgan fingerprint density at radius 3 is 2.38 bits per heavy atom. The highest BCUT2D eigenvalue weighted by Gasteiger charge is 2.26. The standard InChI is InChI=1S/C13H19ClO2/c1-8(2)13(16-4)12(15)11-9(3)6-5-7-10(11)14/h5-8,12-13,15H,1-4H3/t12-,13-/m0/s1. The molecule has 0 spiro atoms. The second-order valence-electron chi connectivity index (χ2n) is 4.36. The van der Waals surface area contributed by atoms with E-state index in [2.05, 4.69) is 0 Å². The monoisotopic (exact) mass is 242 g/mol. The summed E-state index contributed by atoms with van der Waals surface area (Å²) in [5.41, 5.74) is 1.76. The summed E-state index contributed by atoms with van der Waals surface area (Å²) in [6.45, 7) is 5.98. The Kier molecular flexibility index (Phi) is 4.78. The average molecular weight is 243 g/mol. The molecule has 16 heavy (non-hydrogen) atoms. The lowest BCUT2D eigenvalue weighted by molar-refractivity contribution is -0.0392. The third-order valence-corrected chi connectivity index (χ3v) is 3.14. The molecule has 1 N–H and O–H groups in total. The molecule has 0 fully saturated rings. The Morgan fingerprint density at radius 1 is 1.31 bits per heavy atom. The van der Waals surface area contributed by atoms with Crippen LogP contribution < -0.4 is 0 Å². The minimum absolute atomic E-state index is 0.232. The Morgan fingerprint density at radius 2 is 1.94 bits per heavy atom. The normalized spacial score (nSPS) is 15.2. The van der Waals surface area contributed by atoms with Crippen LogP contribution in [0, 0.1) is 12.8 Å². The topological polar surface area (TPSA) is 29.5 Å². The van der Waals surface area contributed by atoms with Gasteiger partial charge in [-0.25, -0.2) is 0 Å². The summed E-state index contributed by atoms with van der Waals surface area (Å²) < 4.78 is 5.33. The molecule has 3 heteroatoms. The smallest absolute Gasteiger partial charge is 0.107 e. The van der Waals surface area contributed by atoms with Crippen LogP contribution >= 0.6 is 11.6 Å². The van der Waals surface area contributed by atoms with Crippen LogP contribution in [0.3, 0.4) is 0 Å². The Bertz CT molecular complexity index is 330. The quantitative estimate of drug-likeness (QED) is 0.878. The molecule has 0 aliphatic heterocycles. The van der Waals surface area contributed by atoms with Gasteiger partial charge in [-0.2, -0.15) is 0 Å². The first-order valence-electron chi connectivity index (χ1n) is 5.45. The van der Waals surface area contributed by atoms with Crippen molar-refractivity contribution in [3.05, 3.63) is 34.3 Å². The van der Waals surface area contributed by atoms with Gasteiger partial charge in [-0.15, -0.1) is 0 Å². The third kappa shape index (κ3) is 2.76. The van der Waals surface area contributed by atoms with Crippen LogP contribution in [0.2, 0.25) is 5.02 Å². The summed E-state index contributed by atoms with van der Waals surface area (Å²) in [5, 5.41) is 10.9. The van der Waals surface area contributed by atoms with E-state index in [9.17, 15) is 5.11 Å². The Labute approximate surface area is 102 Å². The first-order valence-corrected chi connectivity index (χ1v) is 5.82. The SMILES string of the molecule is CO[C@@H](C(C)C)[C@@H](O)c1c(C)cccc1Cl. The fourth-order valence-electron chi connectivity index (χ4n) is 1.95. The lowest BCUT2D eigenvalue weighted by atomic mass is 9.93. The van der Waals surface area contributed by atoms with Gasteiger partial charge in [0.15, 0.2) is 0 Å². The summed E-state index contributed by atoms with van der Waals surface area (Å²) >= 11 is 6.11. The van der Waals surface area contributed by atoms with Crippen molar-refractivity contribution in [3.8, 4) is 0 Å². The highest BCUT2D eigenvalue weighted by atomic mass is 35.5. The van der Waals surface area contributed by atoms with Gasteiger partial charge in [0.05, 0.1) is 6.10 Å². The highest BCUT2D eigenvalue weighted by Crippen LogP contribution is 2.31. The van der Waals surface area contributed by atoms with Crippen LogP contribution in [0.4, 0.5) is 0 Å². The molecule has 0 unspecified atom stereocenters. The molecule has 1 rings (SSSR count). The second-order valence-corrected chi connectivity index (χ2v) is 4.77. The molecule has 2 nitrogen and oxygen atoms in total. The fraction of sp³-hybridized carbons (Fsp3) is 0.538. The minimum atomic E-state index is -0.682. The van der Waals surface area contributed by atoms with Gasteiger partial charge in [0.2, 0.25) is 0 Å². The largest absolute Gasteiger partial charge is 0.386 e. The van der Waals surface area contributed by atoms with Gasteiger partial charge in [0.1, 0.15) is 6.10 Å². The van der Waals surface area contributed by atoms with E-state index in [0.29, 0.717) is 5.02 Å². The molecule has 0 aliphatic carbocycles. The van der Waals surface area contributed by atoms with Crippen molar-refractivity contribution in [2.24, 2.45) is 5.92 Å². The van der Waals surface area contributed by atoms with Crippen molar-refractivity contribution in [2.75, 3.05) is 7.11 Å². The molecule has 0 bridgehead atoms. The summed E-state index contributed by atoms with van der Waals surface area (Å²) in [6.07, 6.45) is -0.919. The summed E-state index contributed by atoms with van der Waals surface area (Å²) in [7, 11) is 1.61. The summed E-state index contributed by atoms with van der Waals surface area (Å²) in [5.74, 6) is 0.232. The molecule has 0 heterocycles. The molecule has 0 saturated heterocycles. The van der Waals surface area contributed by atoms with Crippen LogP contribution in [-0.2, 0) is 4.74 Å². The highest BCUT2D eigenvalue weighted by molar-refractivity contribution is 6.31. The lowest BCUT2D eigenvalue weighted by Gasteiger charge is -2.27. The van der Waals surface area contributed by atoms with E-state index in [1.807, 2.05) is 32.9 Å². The van der Waals surface area contributed by atoms with Crippen LogP contribution in [0.5, 0.6) is 0 Å². The number of methoxy groups -OCH3 is 1.